The lowest BCUT2D eigenvalue weighted by Gasteiger charge is -2.21. The van der Waals surface area contributed by atoms with Crippen LogP contribution in [0.25, 0.3) is 0 Å². The lowest BCUT2D eigenvalue weighted by Crippen LogP contribution is -2.35. The minimum absolute atomic E-state index is 0.0688. The molecule has 34 heavy (non-hydrogen) atoms. The first-order valence-corrected chi connectivity index (χ1v) is 11.7. The SMILES string of the molecule is Cc1ccc(NC(=O)c2ccoc2C)c(OCC(O)CN2CCC(Oc3ccc(Cl)cc3)C2)c1. The van der Waals surface area contributed by atoms with Crippen molar-refractivity contribution in [2.24, 2.45) is 0 Å². The molecule has 0 spiro atoms. The van der Waals surface area contributed by atoms with E-state index in [-0.39, 0.29) is 18.6 Å². The zero-order valence-electron chi connectivity index (χ0n) is 19.3. The molecule has 2 atom stereocenters. The summed E-state index contributed by atoms with van der Waals surface area (Å²) in [6.07, 6.45) is 1.75. The van der Waals surface area contributed by atoms with Crippen molar-refractivity contribution in [3.8, 4) is 11.5 Å². The summed E-state index contributed by atoms with van der Waals surface area (Å²) in [7, 11) is 0. The van der Waals surface area contributed by atoms with Crippen molar-refractivity contribution < 1.29 is 23.8 Å². The normalized spacial score (nSPS) is 16.9. The van der Waals surface area contributed by atoms with Crippen molar-refractivity contribution in [2.75, 3.05) is 31.6 Å². The number of carbonyl (C=O) groups excluding carboxylic acids is 1. The predicted octanol–water partition coefficient (Wildman–Crippen LogP) is 4.70. The van der Waals surface area contributed by atoms with Crippen LogP contribution in [0.1, 0.15) is 28.1 Å². The third-order valence-electron chi connectivity index (χ3n) is 5.73. The van der Waals surface area contributed by atoms with Crippen molar-refractivity contribution in [1.29, 1.82) is 0 Å². The number of ether oxygens (including phenoxy) is 2. The Kier molecular flexibility index (Phi) is 7.77. The fourth-order valence-electron chi connectivity index (χ4n) is 3.96. The van der Waals surface area contributed by atoms with E-state index in [0.29, 0.717) is 34.3 Å². The second-order valence-electron chi connectivity index (χ2n) is 8.55. The first kappa shape index (κ1) is 24.1. The Morgan fingerprint density at radius 2 is 2.03 bits per heavy atom. The Bertz CT molecular complexity index is 1110. The number of likely N-dealkylation sites (tertiary alicyclic amines) is 1. The summed E-state index contributed by atoms with van der Waals surface area (Å²) in [6, 6.07) is 14.5. The first-order chi connectivity index (χ1) is 16.4. The minimum atomic E-state index is -0.686. The second-order valence-corrected chi connectivity index (χ2v) is 8.99. The average Bonchev–Trinajstić information content (AvgIpc) is 3.44. The van der Waals surface area contributed by atoms with Crippen LogP contribution in [0.3, 0.4) is 0 Å². The van der Waals surface area contributed by atoms with Gasteiger partial charge in [0.2, 0.25) is 0 Å². The molecule has 0 aliphatic carbocycles. The topological polar surface area (TPSA) is 84.2 Å². The molecule has 0 bridgehead atoms. The van der Waals surface area contributed by atoms with Gasteiger partial charge in [-0.3, -0.25) is 9.69 Å². The number of carbonyl (C=O) groups is 1. The van der Waals surface area contributed by atoms with Gasteiger partial charge in [-0.1, -0.05) is 17.7 Å². The van der Waals surface area contributed by atoms with Crippen molar-refractivity contribution in [3.63, 3.8) is 0 Å². The zero-order chi connectivity index (χ0) is 24.1. The molecule has 3 aromatic rings. The summed E-state index contributed by atoms with van der Waals surface area (Å²) in [5.74, 6) is 1.58. The number of aryl methyl sites for hydroxylation is 2. The lowest BCUT2D eigenvalue weighted by molar-refractivity contribution is 0.0722. The van der Waals surface area contributed by atoms with Crippen LogP contribution in [0, 0.1) is 13.8 Å². The highest BCUT2D eigenvalue weighted by atomic mass is 35.5. The molecule has 0 saturated carbocycles. The molecule has 2 unspecified atom stereocenters. The van der Waals surface area contributed by atoms with Crippen molar-refractivity contribution in [3.05, 3.63) is 76.7 Å². The van der Waals surface area contributed by atoms with Gasteiger partial charge in [0.05, 0.1) is 17.5 Å². The number of furan rings is 1. The average molecular weight is 485 g/mol. The maximum Gasteiger partial charge on any atom is 0.259 e. The maximum atomic E-state index is 12.6. The fourth-order valence-corrected chi connectivity index (χ4v) is 4.09. The standard InChI is InChI=1S/C26H29ClN2O5/c1-17-3-8-24(28-26(31)23-10-12-32-18(23)2)25(13-17)33-16-20(30)14-29-11-9-22(15-29)34-21-6-4-19(27)5-7-21/h3-8,10,12-13,20,22,30H,9,11,14-16H2,1-2H3,(H,28,31). The van der Waals surface area contributed by atoms with Gasteiger partial charge >= 0.3 is 0 Å². The molecule has 1 saturated heterocycles. The lowest BCUT2D eigenvalue weighted by atomic mass is 10.2. The number of nitrogens with one attached hydrogen (secondary N) is 1. The van der Waals surface area contributed by atoms with Crippen LogP contribution in [0.2, 0.25) is 5.02 Å². The number of halogens is 1. The van der Waals surface area contributed by atoms with Crippen LogP contribution in [0.5, 0.6) is 11.5 Å². The highest BCUT2D eigenvalue weighted by molar-refractivity contribution is 6.30. The van der Waals surface area contributed by atoms with E-state index in [1.165, 1.54) is 6.26 Å². The number of anilines is 1. The summed E-state index contributed by atoms with van der Waals surface area (Å²) in [5.41, 5.74) is 2.00. The number of hydrogen-bond acceptors (Lipinski definition) is 6. The van der Waals surface area contributed by atoms with E-state index in [4.69, 9.17) is 25.5 Å². The summed E-state index contributed by atoms with van der Waals surface area (Å²) >= 11 is 5.93. The van der Waals surface area contributed by atoms with E-state index < -0.39 is 6.10 Å². The van der Waals surface area contributed by atoms with Crippen LogP contribution in [-0.2, 0) is 0 Å². The minimum Gasteiger partial charge on any atom is -0.489 e. The maximum absolute atomic E-state index is 12.6. The van der Waals surface area contributed by atoms with Crippen molar-refractivity contribution >= 4 is 23.2 Å². The van der Waals surface area contributed by atoms with Gasteiger partial charge in [-0.2, -0.15) is 0 Å². The molecular weight excluding hydrogens is 456 g/mol. The monoisotopic (exact) mass is 484 g/mol. The molecule has 1 aromatic heterocycles. The van der Waals surface area contributed by atoms with Gasteiger partial charge in [-0.15, -0.1) is 0 Å². The summed E-state index contributed by atoms with van der Waals surface area (Å²) in [6.45, 7) is 5.83. The molecule has 7 nitrogen and oxygen atoms in total. The molecule has 180 valence electrons. The molecule has 1 aliphatic rings. The molecule has 1 aliphatic heterocycles. The number of benzene rings is 2. The highest BCUT2D eigenvalue weighted by Gasteiger charge is 2.26. The van der Waals surface area contributed by atoms with E-state index in [2.05, 4.69) is 10.2 Å². The van der Waals surface area contributed by atoms with Gasteiger partial charge in [0, 0.05) is 24.7 Å². The van der Waals surface area contributed by atoms with E-state index in [1.54, 1.807) is 19.1 Å². The molecular formula is C26H29ClN2O5. The van der Waals surface area contributed by atoms with Gasteiger partial charge < -0.3 is 24.3 Å². The number of amides is 1. The Morgan fingerprint density at radius 3 is 2.76 bits per heavy atom. The largest absolute Gasteiger partial charge is 0.489 e. The number of β-amino-alcohol motifs (C(OH)–C–C–N with tert-alkyl or cyclic N) is 1. The van der Waals surface area contributed by atoms with Crippen molar-refractivity contribution in [2.45, 2.75) is 32.5 Å². The number of aliphatic hydroxyl groups is 1. The van der Waals surface area contributed by atoms with Gasteiger partial charge in [0.1, 0.15) is 36.1 Å². The Labute approximate surface area is 204 Å². The zero-order valence-corrected chi connectivity index (χ0v) is 20.0. The van der Waals surface area contributed by atoms with Crippen molar-refractivity contribution in [1.82, 2.24) is 4.90 Å². The molecule has 2 aromatic carbocycles. The summed E-state index contributed by atoms with van der Waals surface area (Å²) in [5, 5.41) is 14.1. The summed E-state index contributed by atoms with van der Waals surface area (Å²) < 4.78 is 17.1. The fraction of sp³-hybridized carbons (Fsp3) is 0.346. The van der Waals surface area contributed by atoms with Gasteiger partial charge in [0.15, 0.2) is 0 Å². The summed E-state index contributed by atoms with van der Waals surface area (Å²) in [4.78, 5) is 14.7. The number of rotatable bonds is 9. The quantitative estimate of drug-likeness (QED) is 0.458. The molecule has 4 rings (SSSR count). The Hall–Kier alpha value is -3.00. The smallest absolute Gasteiger partial charge is 0.259 e. The second kappa shape index (κ2) is 11.0. The van der Waals surface area contributed by atoms with Crippen LogP contribution in [0.15, 0.2) is 59.2 Å². The molecule has 1 amide bonds. The van der Waals surface area contributed by atoms with Gasteiger partial charge in [-0.25, -0.2) is 0 Å². The van der Waals surface area contributed by atoms with E-state index >= 15 is 0 Å². The predicted molar refractivity (Wildman–Crippen MR) is 131 cm³/mol. The third kappa shape index (κ3) is 6.32. The highest BCUT2D eigenvalue weighted by Crippen LogP contribution is 2.27. The Balaban J connectivity index is 1.28. The van der Waals surface area contributed by atoms with Gasteiger partial charge in [-0.05, 0) is 68.3 Å². The number of nitrogens with zero attached hydrogens (tertiary/aromatic N) is 1. The van der Waals surface area contributed by atoms with Gasteiger partial charge in [0.25, 0.3) is 5.91 Å². The van der Waals surface area contributed by atoms with Crippen LogP contribution in [-0.4, -0.2) is 54.4 Å². The van der Waals surface area contributed by atoms with E-state index in [0.717, 1.165) is 30.8 Å². The molecule has 0 radical (unpaired) electrons. The number of hydrogen-bond donors (Lipinski definition) is 2. The third-order valence-corrected chi connectivity index (χ3v) is 5.99. The van der Waals surface area contributed by atoms with Crippen LogP contribution in [0.4, 0.5) is 5.69 Å². The molecule has 2 N–H and O–H groups in total. The van der Waals surface area contributed by atoms with E-state index in [1.807, 2.05) is 43.3 Å². The Morgan fingerprint density at radius 1 is 1.24 bits per heavy atom. The number of aliphatic hydroxyl groups excluding tert-OH is 1. The molecule has 1 fully saturated rings. The molecule has 8 heteroatoms. The first-order valence-electron chi connectivity index (χ1n) is 11.3. The van der Waals surface area contributed by atoms with E-state index in [9.17, 15) is 9.90 Å². The van der Waals surface area contributed by atoms with Crippen LogP contribution >= 0.6 is 11.6 Å². The van der Waals surface area contributed by atoms with Crippen LogP contribution < -0.4 is 14.8 Å². The molecule has 2 heterocycles.